The van der Waals surface area contributed by atoms with Crippen LogP contribution in [-0.4, -0.2) is 42.5 Å². The van der Waals surface area contributed by atoms with Gasteiger partial charge in [0, 0.05) is 6.54 Å². The van der Waals surface area contributed by atoms with Crippen LogP contribution in [-0.2, 0) is 14.4 Å². The zero-order chi connectivity index (χ0) is 20.4. The Morgan fingerprint density at radius 2 is 1.89 bits per heavy atom. The SMILES string of the molecule is CC(C)[C@H](NC(=O)C(F)(F)F)C(=O)NC1CCN(c2ccccc2Cl)C1=O. The first kappa shape index (κ1) is 21.0. The van der Waals surface area contributed by atoms with Crippen LogP contribution in [0.4, 0.5) is 18.9 Å². The molecule has 1 heterocycles. The first-order valence-corrected chi connectivity index (χ1v) is 8.64. The molecule has 1 aromatic rings. The molecule has 0 saturated carbocycles. The molecule has 0 bridgehead atoms. The molecule has 1 unspecified atom stereocenters. The minimum atomic E-state index is -5.10. The average molecular weight is 406 g/mol. The Labute approximate surface area is 159 Å². The molecule has 10 heteroatoms. The van der Waals surface area contributed by atoms with Gasteiger partial charge in [0.25, 0.3) is 0 Å². The predicted octanol–water partition coefficient (Wildman–Crippen LogP) is 2.26. The van der Waals surface area contributed by atoms with Gasteiger partial charge in [-0.2, -0.15) is 13.2 Å². The largest absolute Gasteiger partial charge is 0.471 e. The Balaban J connectivity index is 2.07. The van der Waals surface area contributed by atoms with Crippen LogP contribution in [0, 0.1) is 5.92 Å². The van der Waals surface area contributed by atoms with Crippen molar-refractivity contribution in [3.8, 4) is 0 Å². The zero-order valence-corrected chi connectivity index (χ0v) is 15.4. The molecule has 0 aromatic heterocycles. The lowest BCUT2D eigenvalue weighted by atomic mass is 10.0. The smallest absolute Gasteiger partial charge is 0.342 e. The number of hydrogen-bond donors (Lipinski definition) is 2. The third-order valence-electron chi connectivity index (χ3n) is 4.16. The van der Waals surface area contributed by atoms with E-state index in [9.17, 15) is 27.6 Å². The first-order chi connectivity index (χ1) is 12.5. The van der Waals surface area contributed by atoms with Gasteiger partial charge in [-0.1, -0.05) is 37.6 Å². The molecule has 6 nitrogen and oxygen atoms in total. The lowest BCUT2D eigenvalue weighted by molar-refractivity contribution is -0.175. The number of rotatable bonds is 5. The third kappa shape index (κ3) is 4.91. The standard InChI is InChI=1S/C17H19ClF3N3O3/c1-9(2)13(23-16(27)17(19,20)21)14(25)22-11-7-8-24(15(11)26)12-6-4-3-5-10(12)18/h3-6,9,11,13H,7-8H2,1-2H3,(H,22,25)(H,23,27)/t11?,13-/m0/s1. The molecular formula is C17H19ClF3N3O3. The van der Waals surface area contributed by atoms with E-state index in [4.69, 9.17) is 11.6 Å². The van der Waals surface area contributed by atoms with Crippen molar-refractivity contribution in [1.82, 2.24) is 10.6 Å². The molecule has 1 fully saturated rings. The van der Waals surface area contributed by atoms with Crippen LogP contribution in [0.15, 0.2) is 24.3 Å². The van der Waals surface area contributed by atoms with E-state index in [2.05, 4.69) is 5.32 Å². The maximum Gasteiger partial charge on any atom is 0.471 e. The highest BCUT2D eigenvalue weighted by molar-refractivity contribution is 6.34. The summed E-state index contributed by atoms with van der Waals surface area (Å²) in [5.41, 5.74) is 0.492. The topological polar surface area (TPSA) is 78.5 Å². The third-order valence-corrected chi connectivity index (χ3v) is 4.48. The Morgan fingerprint density at radius 1 is 1.26 bits per heavy atom. The molecule has 1 aromatic carbocycles. The Bertz CT molecular complexity index is 740. The van der Waals surface area contributed by atoms with Crippen LogP contribution >= 0.6 is 11.6 Å². The summed E-state index contributed by atoms with van der Waals surface area (Å²) in [6.45, 7) is 3.29. The van der Waals surface area contributed by atoms with E-state index in [1.54, 1.807) is 29.6 Å². The minimum absolute atomic E-state index is 0.272. The molecule has 0 spiro atoms. The van der Waals surface area contributed by atoms with E-state index in [0.29, 0.717) is 17.3 Å². The second-order valence-corrected chi connectivity index (χ2v) is 6.89. The van der Waals surface area contributed by atoms with Crippen LogP contribution < -0.4 is 15.5 Å². The first-order valence-electron chi connectivity index (χ1n) is 8.26. The summed E-state index contributed by atoms with van der Waals surface area (Å²) in [7, 11) is 0. The zero-order valence-electron chi connectivity index (χ0n) is 14.6. The van der Waals surface area contributed by atoms with Crippen molar-refractivity contribution < 1.29 is 27.6 Å². The van der Waals surface area contributed by atoms with Crippen molar-refractivity contribution in [2.45, 2.75) is 38.5 Å². The monoisotopic (exact) mass is 405 g/mol. The van der Waals surface area contributed by atoms with Gasteiger partial charge in [-0.15, -0.1) is 0 Å². The average Bonchev–Trinajstić information content (AvgIpc) is 2.92. The quantitative estimate of drug-likeness (QED) is 0.788. The highest BCUT2D eigenvalue weighted by atomic mass is 35.5. The van der Waals surface area contributed by atoms with Crippen molar-refractivity contribution in [3.63, 3.8) is 0 Å². The molecule has 2 rings (SSSR count). The van der Waals surface area contributed by atoms with E-state index in [1.165, 1.54) is 18.7 Å². The summed E-state index contributed by atoms with van der Waals surface area (Å²) in [6, 6.07) is 4.38. The van der Waals surface area contributed by atoms with Crippen molar-refractivity contribution in [2.24, 2.45) is 5.92 Å². The Kier molecular flexibility index (Phi) is 6.35. The molecule has 1 aliphatic rings. The second kappa shape index (κ2) is 8.16. The maximum absolute atomic E-state index is 12.6. The van der Waals surface area contributed by atoms with Gasteiger partial charge < -0.3 is 15.5 Å². The summed E-state index contributed by atoms with van der Waals surface area (Å²) in [5, 5.41) is 4.48. The van der Waals surface area contributed by atoms with Crippen molar-refractivity contribution >= 4 is 35.0 Å². The Morgan fingerprint density at radius 3 is 2.44 bits per heavy atom. The highest BCUT2D eigenvalue weighted by Gasteiger charge is 2.42. The fourth-order valence-electron chi connectivity index (χ4n) is 2.74. The number of halogens is 4. The second-order valence-electron chi connectivity index (χ2n) is 6.48. The van der Waals surface area contributed by atoms with Gasteiger partial charge in [-0.3, -0.25) is 14.4 Å². The number of hydrogen-bond acceptors (Lipinski definition) is 3. The van der Waals surface area contributed by atoms with Gasteiger partial charge in [0.1, 0.15) is 12.1 Å². The van der Waals surface area contributed by atoms with Crippen LogP contribution in [0.25, 0.3) is 0 Å². The normalized spacial score (nSPS) is 18.6. The maximum atomic E-state index is 12.6. The van der Waals surface area contributed by atoms with Gasteiger partial charge >= 0.3 is 12.1 Å². The summed E-state index contributed by atoms with van der Waals surface area (Å²) < 4.78 is 37.4. The number of anilines is 1. The number of amides is 3. The number of nitrogens with zero attached hydrogens (tertiary/aromatic N) is 1. The molecule has 27 heavy (non-hydrogen) atoms. The lowest BCUT2D eigenvalue weighted by Crippen LogP contribution is -2.55. The van der Waals surface area contributed by atoms with E-state index < -0.39 is 41.9 Å². The van der Waals surface area contributed by atoms with E-state index >= 15 is 0 Å². The fraction of sp³-hybridized carbons (Fsp3) is 0.471. The molecular weight excluding hydrogens is 387 g/mol. The van der Waals surface area contributed by atoms with Crippen molar-refractivity contribution in [2.75, 3.05) is 11.4 Å². The number of alkyl halides is 3. The van der Waals surface area contributed by atoms with Gasteiger partial charge in [-0.25, -0.2) is 0 Å². The van der Waals surface area contributed by atoms with Gasteiger partial charge in [0.2, 0.25) is 11.8 Å². The lowest BCUT2D eigenvalue weighted by Gasteiger charge is -2.24. The molecule has 0 radical (unpaired) electrons. The van der Waals surface area contributed by atoms with Crippen LogP contribution in [0.3, 0.4) is 0 Å². The van der Waals surface area contributed by atoms with Crippen molar-refractivity contribution in [3.05, 3.63) is 29.3 Å². The predicted molar refractivity (Wildman–Crippen MR) is 93.2 cm³/mol. The van der Waals surface area contributed by atoms with Gasteiger partial charge in [0.05, 0.1) is 10.7 Å². The molecule has 0 aliphatic carbocycles. The molecule has 148 valence electrons. The molecule has 2 atom stereocenters. The van der Waals surface area contributed by atoms with Crippen molar-refractivity contribution in [1.29, 1.82) is 0 Å². The summed E-state index contributed by atoms with van der Waals surface area (Å²) in [5.74, 6) is -4.07. The van der Waals surface area contributed by atoms with Crippen LogP contribution in [0.2, 0.25) is 5.02 Å². The number of carbonyl (C=O) groups excluding carboxylic acids is 3. The number of nitrogens with one attached hydrogen (secondary N) is 2. The molecule has 1 saturated heterocycles. The van der Waals surface area contributed by atoms with Gasteiger partial charge in [0.15, 0.2) is 0 Å². The van der Waals surface area contributed by atoms with E-state index in [0.717, 1.165) is 0 Å². The molecule has 2 N–H and O–H groups in total. The van der Waals surface area contributed by atoms with E-state index in [1.807, 2.05) is 0 Å². The molecule has 3 amide bonds. The minimum Gasteiger partial charge on any atom is -0.342 e. The molecule has 1 aliphatic heterocycles. The van der Waals surface area contributed by atoms with Crippen LogP contribution in [0.1, 0.15) is 20.3 Å². The summed E-state index contributed by atoms with van der Waals surface area (Å²) in [6.07, 6.45) is -4.83. The number of carbonyl (C=O) groups is 3. The fourth-order valence-corrected chi connectivity index (χ4v) is 2.98. The van der Waals surface area contributed by atoms with E-state index in [-0.39, 0.29) is 6.42 Å². The summed E-state index contributed by atoms with van der Waals surface area (Å²) >= 11 is 6.08. The van der Waals surface area contributed by atoms with Gasteiger partial charge in [-0.05, 0) is 24.5 Å². The Hall–Kier alpha value is -2.29. The van der Waals surface area contributed by atoms with Crippen LogP contribution in [0.5, 0.6) is 0 Å². The summed E-state index contributed by atoms with van der Waals surface area (Å²) in [4.78, 5) is 37.5. The highest BCUT2D eigenvalue weighted by Crippen LogP contribution is 2.29. The number of benzene rings is 1. The number of para-hydroxylation sites is 1.